The number of rotatable bonds is 1. The van der Waals surface area contributed by atoms with Crippen molar-refractivity contribution in [2.45, 2.75) is 25.1 Å². The van der Waals surface area contributed by atoms with Crippen molar-refractivity contribution in [1.29, 1.82) is 0 Å². The average Bonchev–Trinajstić information content (AvgIpc) is 2.68. The van der Waals surface area contributed by atoms with E-state index >= 15 is 0 Å². The van der Waals surface area contributed by atoms with Crippen molar-refractivity contribution in [3.8, 4) is 0 Å². The zero-order chi connectivity index (χ0) is 11.8. The van der Waals surface area contributed by atoms with Crippen LogP contribution in [0.15, 0.2) is 18.2 Å². The van der Waals surface area contributed by atoms with Gasteiger partial charge in [-0.2, -0.15) is 13.2 Å². The van der Waals surface area contributed by atoms with Crippen LogP contribution in [-0.4, -0.2) is 6.54 Å². The van der Waals surface area contributed by atoms with Gasteiger partial charge in [0.25, 0.3) is 0 Å². The summed E-state index contributed by atoms with van der Waals surface area (Å²) in [6.07, 6.45) is -2.48. The topological polar surface area (TPSA) is 38.0 Å². The lowest BCUT2D eigenvalue weighted by Gasteiger charge is -2.15. The van der Waals surface area contributed by atoms with Gasteiger partial charge < -0.3 is 11.1 Å². The SMILES string of the molecule is Nc1cc([C@H]2CCCN2)cc(C(F)(F)F)c1. The average molecular weight is 230 g/mol. The first-order valence-corrected chi connectivity index (χ1v) is 5.18. The molecule has 0 bridgehead atoms. The molecule has 1 aromatic carbocycles. The third kappa shape index (κ3) is 2.29. The molecule has 5 heteroatoms. The van der Waals surface area contributed by atoms with Gasteiger partial charge in [-0.05, 0) is 43.1 Å². The predicted octanol–water partition coefficient (Wildman–Crippen LogP) is 2.71. The summed E-state index contributed by atoms with van der Waals surface area (Å²) >= 11 is 0. The molecule has 1 atom stereocenters. The number of halogens is 3. The Morgan fingerprint density at radius 2 is 2.00 bits per heavy atom. The molecule has 88 valence electrons. The van der Waals surface area contributed by atoms with Crippen molar-refractivity contribution >= 4 is 5.69 Å². The maximum absolute atomic E-state index is 12.6. The summed E-state index contributed by atoms with van der Waals surface area (Å²) in [6, 6.07) is 3.76. The Bertz CT molecular complexity index is 381. The van der Waals surface area contributed by atoms with Gasteiger partial charge in [0.1, 0.15) is 0 Å². The number of nitrogen functional groups attached to an aromatic ring is 1. The number of nitrogens with one attached hydrogen (secondary N) is 1. The fraction of sp³-hybridized carbons (Fsp3) is 0.455. The van der Waals surface area contributed by atoms with Crippen LogP contribution >= 0.6 is 0 Å². The molecule has 0 amide bonds. The van der Waals surface area contributed by atoms with Crippen molar-refractivity contribution in [2.24, 2.45) is 0 Å². The van der Waals surface area contributed by atoms with E-state index in [1.54, 1.807) is 6.07 Å². The molecule has 1 aliphatic heterocycles. The van der Waals surface area contributed by atoms with Crippen LogP contribution in [0.4, 0.5) is 18.9 Å². The van der Waals surface area contributed by atoms with Gasteiger partial charge in [-0.1, -0.05) is 0 Å². The molecular formula is C11H13F3N2. The number of alkyl halides is 3. The normalized spacial score (nSPS) is 21.3. The van der Waals surface area contributed by atoms with Gasteiger partial charge in [-0.25, -0.2) is 0 Å². The van der Waals surface area contributed by atoms with Crippen LogP contribution in [0.25, 0.3) is 0 Å². The molecule has 1 aliphatic rings. The Balaban J connectivity index is 2.35. The molecule has 0 radical (unpaired) electrons. The first-order valence-electron chi connectivity index (χ1n) is 5.18. The number of hydrogen-bond donors (Lipinski definition) is 2. The summed E-state index contributed by atoms with van der Waals surface area (Å²) in [5.74, 6) is 0. The lowest BCUT2D eigenvalue weighted by Crippen LogP contribution is -2.15. The van der Waals surface area contributed by atoms with Crippen LogP contribution in [0.1, 0.15) is 30.0 Å². The van der Waals surface area contributed by atoms with Crippen LogP contribution in [0, 0.1) is 0 Å². The Morgan fingerprint density at radius 1 is 1.25 bits per heavy atom. The second-order valence-corrected chi connectivity index (χ2v) is 4.04. The lowest BCUT2D eigenvalue weighted by atomic mass is 10.0. The highest BCUT2D eigenvalue weighted by molar-refractivity contribution is 5.46. The molecule has 0 unspecified atom stereocenters. The maximum Gasteiger partial charge on any atom is 0.416 e. The highest BCUT2D eigenvalue weighted by Crippen LogP contribution is 2.34. The van der Waals surface area contributed by atoms with Crippen molar-refractivity contribution < 1.29 is 13.2 Å². The molecule has 1 aromatic rings. The number of nitrogens with two attached hydrogens (primary N) is 1. The zero-order valence-corrected chi connectivity index (χ0v) is 8.64. The van der Waals surface area contributed by atoms with Gasteiger partial charge in [0.15, 0.2) is 0 Å². The van der Waals surface area contributed by atoms with E-state index in [2.05, 4.69) is 5.32 Å². The molecule has 0 aliphatic carbocycles. The summed E-state index contributed by atoms with van der Waals surface area (Å²) < 4.78 is 37.7. The second kappa shape index (κ2) is 3.97. The van der Waals surface area contributed by atoms with Crippen molar-refractivity contribution in [3.63, 3.8) is 0 Å². The second-order valence-electron chi connectivity index (χ2n) is 4.04. The van der Waals surface area contributed by atoms with Crippen molar-refractivity contribution in [2.75, 3.05) is 12.3 Å². The molecule has 3 N–H and O–H groups in total. The summed E-state index contributed by atoms with van der Waals surface area (Å²) in [5.41, 5.74) is 5.62. The number of hydrogen-bond acceptors (Lipinski definition) is 2. The van der Waals surface area contributed by atoms with E-state index in [-0.39, 0.29) is 11.7 Å². The highest BCUT2D eigenvalue weighted by atomic mass is 19.4. The van der Waals surface area contributed by atoms with E-state index in [1.165, 1.54) is 6.07 Å². The molecule has 1 saturated heterocycles. The van der Waals surface area contributed by atoms with Crippen LogP contribution in [0.2, 0.25) is 0 Å². The largest absolute Gasteiger partial charge is 0.416 e. The quantitative estimate of drug-likeness (QED) is 0.728. The molecule has 0 saturated carbocycles. The minimum absolute atomic E-state index is 0.00426. The van der Waals surface area contributed by atoms with Gasteiger partial charge in [0.2, 0.25) is 0 Å². The minimum Gasteiger partial charge on any atom is -0.399 e. The van der Waals surface area contributed by atoms with Crippen molar-refractivity contribution in [3.05, 3.63) is 29.3 Å². The first-order chi connectivity index (χ1) is 7.47. The predicted molar refractivity (Wildman–Crippen MR) is 55.8 cm³/mol. The van der Waals surface area contributed by atoms with Crippen LogP contribution in [0.3, 0.4) is 0 Å². The minimum atomic E-state index is -4.33. The maximum atomic E-state index is 12.6. The first kappa shape index (κ1) is 11.3. The Hall–Kier alpha value is -1.23. The van der Waals surface area contributed by atoms with E-state index in [0.717, 1.165) is 25.5 Å². The third-order valence-corrected chi connectivity index (χ3v) is 2.77. The molecule has 2 rings (SSSR count). The number of anilines is 1. The van der Waals surface area contributed by atoms with Crippen LogP contribution in [-0.2, 0) is 6.18 Å². The summed E-state index contributed by atoms with van der Waals surface area (Å²) in [5, 5.41) is 3.16. The molecule has 1 heterocycles. The molecule has 2 nitrogen and oxygen atoms in total. The van der Waals surface area contributed by atoms with Crippen molar-refractivity contribution in [1.82, 2.24) is 5.32 Å². The van der Waals surface area contributed by atoms with Gasteiger partial charge in [0.05, 0.1) is 5.56 Å². The van der Waals surface area contributed by atoms with Gasteiger partial charge in [0, 0.05) is 11.7 Å². The number of benzene rings is 1. The fourth-order valence-corrected chi connectivity index (χ4v) is 2.01. The monoisotopic (exact) mass is 230 g/mol. The van der Waals surface area contributed by atoms with E-state index in [9.17, 15) is 13.2 Å². The van der Waals surface area contributed by atoms with E-state index in [1.807, 2.05) is 0 Å². The van der Waals surface area contributed by atoms with Gasteiger partial charge in [-0.15, -0.1) is 0 Å². The van der Waals surface area contributed by atoms with Gasteiger partial charge in [-0.3, -0.25) is 0 Å². The van der Waals surface area contributed by atoms with Crippen LogP contribution < -0.4 is 11.1 Å². The van der Waals surface area contributed by atoms with E-state index in [4.69, 9.17) is 5.73 Å². The standard InChI is InChI=1S/C11H13F3N2/c12-11(13,14)8-4-7(5-9(15)6-8)10-2-1-3-16-10/h4-6,10,16H,1-3,15H2/t10-/m1/s1. The molecule has 0 aromatic heterocycles. The van der Waals surface area contributed by atoms with Crippen LogP contribution in [0.5, 0.6) is 0 Å². The zero-order valence-electron chi connectivity index (χ0n) is 8.64. The molecule has 16 heavy (non-hydrogen) atoms. The molecular weight excluding hydrogens is 217 g/mol. The summed E-state index contributed by atoms with van der Waals surface area (Å²) in [4.78, 5) is 0. The fourth-order valence-electron chi connectivity index (χ4n) is 2.01. The van der Waals surface area contributed by atoms with Gasteiger partial charge >= 0.3 is 6.18 Å². The molecule has 1 fully saturated rings. The Morgan fingerprint density at radius 3 is 2.56 bits per heavy atom. The van der Waals surface area contributed by atoms with E-state index in [0.29, 0.717) is 5.56 Å². The Labute approximate surface area is 91.6 Å². The third-order valence-electron chi connectivity index (χ3n) is 2.77. The van der Waals surface area contributed by atoms with E-state index < -0.39 is 11.7 Å². The highest BCUT2D eigenvalue weighted by Gasteiger charge is 2.31. The Kier molecular flexibility index (Phi) is 2.80. The lowest BCUT2D eigenvalue weighted by molar-refractivity contribution is -0.137. The smallest absolute Gasteiger partial charge is 0.399 e. The molecule has 0 spiro atoms. The summed E-state index contributed by atoms with van der Waals surface area (Å²) in [7, 11) is 0. The summed E-state index contributed by atoms with van der Waals surface area (Å²) in [6.45, 7) is 0.848.